The molecule has 0 radical (unpaired) electrons. The molecule has 2 amide bonds. The molecule has 0 aromatic heterocycles. The number of hydrogen-bond donors (Lipinski definition) is 4. The number of piperidine rings is 2. The number of rotatable bonds is 8. The van der Waals surface area contributed by atoms with Crippen LogP contribution in [-0.2, 0) is 9.59 Å². The number of amides is 2. The first-order valence-corrected chi connectivity index (χ1v) is 14.5. The topological polar surface area (TPSA) is 116 Å². The second-order valence-corrected chi connectivity index (χ2v) is 12.5. The molecule has 2 fully saturated rings. The van der Waals surface area contributed by atoms with E-state index in [0.29, 0.717) is 48.4 Å². The first-order valence-electron chi connectivity index (χ1n) is 14.5. The Bertz CT molecular complexity index is 1200. The lowest BCUT2D eigenvalue weighted by Crippen LogP contribution is -2.52. The Balaban J connectivity index is 1.17. The maximum atomic E-state index is 13.3. The zero-order valence-electron chi connectivity index (χ0n) is 23.6. The van der Waals surface area contributed by atoms with Crippen molar-refractivity contribution in [2.75, 3.05) is 64.0 Å². The van der Waals surface area contributed by atoms with Crippen LogP contribution in [0.15, 0.2) is 36.4 Å². The highest BCUT2D eigenvalue weighted by Crippen LogP contribution is 2.39. The summed E-state index contributed by atoms with van der Waals surface area (Å²) < 4.78 is 1.56. The molecular formula is C31H42N4O5+2. The third kappa shape index (κ3) is 6.44. The highest BCUT2D eigenvalue weighted by molar-refractivity contribution is 6.22. The van der Waals surface area contributed by atoms with E-state index in [1.807, 2.05) is 24.3 Å². The third-order valence-corrected chi connectivity index (χ3v) is 9.15. The second-order valence-electron chi connectivity index (χ2n) is 12.5. The molecule has 0 atom stereocenters. The summed E-state index contributed by atoms with van der Waals surface area (Å²) in [6.45, 7) is 4.89. The van der Waals surface area contributed by atoms with Gasteiger partial charge in [-0.05, 0) is 35.4 Å². The van der Waals surface area contributed by atoms with E-state index in [1.54, 1.807) is 12.1 Å². The van der Waals surface area contributed by atoms with Crippen molar-refractivity contribution in [3.05, 3.63) is 47.5 Å². The Hall–Kier alpha value is -3.11. The molecule has 2 aromatic rings. The molecule has 0 bridgehead atoms. The lowest BCUT2D eigenvalue weighted by Gasteiger charge is -2.39. The second kappa shape index (κ2) is 11.4. The SMILES string of the molecule is C[N+]1(CCC(=O)Nc2ccc3c(c2)C(=O)c2cc(NC(=O)CC[N+]4(C)CCC(O)CC4)ccc2-3)CCC(O)CC1. The van der Waals surface area contributed by atoms with Gasteiger partial charge in [0.25, 0.3) is 0 Å². The number of carbonyl (C=O) groups is 3. The Labute approximate surface area is 236 Å². The minimum absolute atomic E-state index is 0.0877. The van der Waals surface area contributed by atoms with Crippen molar-refractivity contribution in [2.24, 2.45) is 0 Å². The van der Waals surface area contributed by atoms with Crippen LogP contribution >= 0.6 is 0 Å². The molecule has 3 aliphatic rings. The summed E-state index contributed by atoms with van der Waals surface area (Å²) in [5.41, 5.74) is 3.93. The summed E-state index contributed by atoms with van der Waals surface area (Å²) in [6.07, 6.45) is 3.35. The molecule has 2 aromatic carbocycles. The molecule has 0 spiro atoms. The van der Waals surface area contributed by atoms with Gasteiger partial charge in [-0.15, -0.1) is 0 Å². The molecule has 9 heteroatoms. The predicted octanol–water partition coefficient (Wildman–Crippen LogP) is 2.76. The molecule has 2 heterocycles. The fraction of sp³-hybridized carbons (Fsp3) is 0.516. The van der Waals surface area contributed by atoms with Crippen molar-refractivity contribution in [3.8, 4) is 11.1 Å². The molecular weight excluding hydrogens is 508 g/mol. The van der Waals surface area contributed by atoms with Gasteiger partial charge in [0, 0.05) is 48.2 Å². The fourth-order valence-electron chi connectivity index (χ4n) is 6.23. The van der Waals surface area contributed by atoms with Gasteiger partial charge in [0.1, 0.15) is 0 Å². The van der Waals surface area contributed by atoms with E-state index >= 15 is 0 Å². The molecule has 2 saturated heterocycles. The summed E-state index contributed by atoms with van der Waals surface area (Å²) in [4.78, 5) is 38.7. The summed E-state index contributed by atoms with van der Waals surface area (Å²) >= 11 is 0. The smallest absolute Gasteiger partial charge is 0.230 e. The Morgan fingerprint density at radius 2 is 1.07 bits per heavy atom. The quantitative estimate of drug-likeness (QED) is 0.322. The van der Waals surface area contributed by atoms with Gasteiger partial charge in [0.15, 0.2) is 5.78 Å². The van der Waals surface area contributed by atoms with E-state index in [1.165, 1.54) is 0 Å². The lowest BCUT2D eigenvalue weighted by molar-refractivity contribution is -0.914. The van der Waals surface area contributed by atoms with Crippen LogP contribution in [0.25, 0.3) is 11.1 Å². The number of ketones is 1. The van der Waals surface area contributed by atoms with E-state index in [9.17, 15) is 24.6 Å². The van der Waals surface area contributed by atoms with Gasteiger partial charge in [-0.2, -0.15) is 0 Å². The summed E-state index contributed by atoms with van der Waals surface area (Å²) in [5.74, 6) is -0.294. The zero-order valence-corrected chi connectivity index (χ0v) is 23.6. The highest BCUT2D eigenvalue weighted by atomic mass is 16.3. The summed E-state index contributed by atoms with van der Waals surface area (Å²) in [5, 5.41) is 25.4. The van der Waals surface area contributed by atoms with Crippen LogP contribution in [0.1, 0.15) is 54.4 Å². The number of anilines is 2. The molecule has 40 heavy (non-hydrogen) atoms. The Kier molecular flexibility index (Phi) is 8.10. The minimum Gasteiger partial charge on any atom is -0.393 e. The van der Waals surface area contributed by atoms with Crippen LogP contribution in [0, 0.1) is 0 Å². The number of benzene rings is 2. The standard InChI is InChI=1S/C31H40N4O5/c1-34(13-7-23(36)8-14-34)17-11-29(38)32-21-3-5-25-26-6-4-22(20-28(26)31(40)27(25)19-21)33-30(39)12-18-35(2)15-9-24(37)10-16-35/h3-6,19-20,23-24,36-37H,7-18H2,1-2H3/p+2. The van der Waals surface area contributed by atoms with Crippen molar-refractivity contribution in [2.45, 2.75) is 50.7 Å². The van der Waals surface area contributed by atoms with Gasteiger partial charge in [-0.1, -0.05) is 12.1 Å². The van der Waals surface area contributed by atoms with E-state index in [0.717, 1.165) is 72.0 Å². The van der Waals surface area contributed by atoms with Gasteiger partial charge in [-0.3, -0.25) is 14.4 Å². The van der Waals surface area contributed by atoms with Gasteiger partial charge < -0.3 is 29.8 Å². The number of nitrogens with one attached hydrogen (secondary N) is 2. The first kappa shape index (κ1) is 28.4. The summed E-state index contributed by atoms with van der Waals surface area (Å²) in [6, 6.07) is 10.9. The molecule has 9 nitrogen and oxygen atoms in total. The predicted molar refractivity (Wildman–Crippen MR) is 154 cm³/mol. The van der Waals surface area contributed by atoms with E-state index in [-0.39, 0.29) is 29.8 Å². The van der Waals surface area contributed by atoms with Crippen LogP contribution in [0.5, 0.6) is 0 Å². The number of fused-ring (bicyclic) bond motifs is 3. The maximum absolute atomic E-state index is 13.3. The highest BCUT2D eigenvalue weighted by Gasteiger charge is 2.31. The maximum Gasteiger partial charge on any atom is 0.230 e. The largest absolute Gasteiger partial charge is 0.393 e. The first-order chi connectivity index (χ1) is 19.0. The van der Waals surface area contributed by atoms with Crippen molar-refractivity contribution < 1.29 is 33.6 Å². The van der Waals surface area contributed by atoms with E-state index < -0.39 is 0 Å². The number of likely N-dealkylation sites (tertiary alicyclic amines) is 2. The number of aliphatic hydroxyl groups excluding tert-OH is 2. The van der Waals surface area contributed by atoms with Crippen LogP contribution in [0.3, 0.4) is 0 Å². The molecule has 0 saturated carbocycles. The molecule has 0 unspecified atom stereocenters. The lowest BCUT2D eigenvalue weighted by atomic mass is 10.0. The van der Waals surface area contributed by atoms with Gasteiger partial charge >= 0.3 is 0 Å². The van der Waals surface area contributed by atoms with Crippen molar-refractivity contribution >= 4 is 29.0 Å². The number of hydrogen-bond acceptors (Lipinski definition) is 5. The molecule has 5 rings (SSSR count). The number of nitrogens with zero attached hydrogens (tertiary/aromatic N) is 2. The van der Waals surface area contributed by atoms with E-state index in [4.69, 9.17) is 0 Å². The summed E-state index contributed by atoms with van der Waals surface area (Å²) in [7, 11) is 4.26. The zero-order chi connectivity index (χ0) is 28.5. The molecule has 2 aliphatic heterocycles. The van der Waals surface area contributed by atoms with Crippen molar-refractivity contribution in [3.63, 3.8) is 0 Å². The Morgan fingerprint density at radius 1 is 0.700 bits per heavy atom. The van der Waals surface area contributed by atoms with Crippen LogP contribution < -0.4 is 10.6 Å². The van der Waals surface area contributed by atoms with Gasteiger partial charge in [-0.25, -0.2) is 0 Å². The average Bonchev–Trinajstić information content (AvgIpc) is 3.21. The van der Waals surface area contributed by atoms with Gasteiger partial charge in [0.05, 0.1) is 78.4 Å². The number of quaternary nitrogens is 2. The third-order valence-electron chi connectivity index (χ3n) is 9.15. The van der Waals surface area contributed by atoms with Crippen LogP contribution in [0.4, 0.5) is 11.4 Å². The molecule has 214 valence electrons. The molecule has 4 N–H and O–H groups in total. The molecule has 1 aliphatic carbocycles. The average molecular weight is 551 g/mol. The fourth-order valence-corrected chi connectivity index (χ4v) is 6.23. The van der Waals surface area contributed by atoms with Crippen molar-refractivity contribution in [1.29, 1.82) is 0 Å². The minimum atomic E-state index is -0.230. The number of carbonyl (C=O) groups excluding carboxylic acids is 3. The van der Waals surface area contributed by atoms with E-state index in [2.05, 4.69) is 24.7 Å². The normalized spacial score (nSPS) is 27.6. The Morgan fingerprint density at radius 3 is 1.45 bits per heavy atom. The van der Waals surface area contributed by atoms with Crippen molar-refractivity contribution in [1.82, 2.24) is 0 Å². The van der Waals surface area contributed by atoms with Gasteiger partial charge in [0.2, 0.25) is 11.8 Å². The van der Waals surface area contributed by atoms with Crippen LogP contribution in [-0.4, -0.2) is 102 Å². The monoisotopic (exact) mass is 550 g/mol. The van der Waals surface area contributed by atoms with Crippen LogP contribution in [0.2, 0.25) is 0 Å². The number of aliphatic hydroxyl groups is 2.